The van der Waals surface area contributed by atoms with E-state index < -0.39 is 12.2 Å². The van der Waals surface area contributed by atoms with E-state index in [2.05, 4.69) is 20.3 Å². The highest BCUT2D eigenvalue weighted by atomic mass is 19.1. The Morgan fingerprint density at radius 2 is 2.16 bits per heavy atom. The monoisotopic (exact) mass is 430 g/mol. The molecule has 1 amide bonds. The van der Waals surface area contributed by atoms with E-state index in [9.17, 15) is 9.18 Å². The number of rotatable bonds is 6. The summed E-state index contributed by atoms with van der Waals surface area (Å²) in [6.07, 6.45) is 8.02. The van der Waals surface area contributed by atoms with Crippen LogP contribution in [0.2, 0.25) is 0 Å². The Hall–Kier alpha value is -2.52. The summed E-state index contributed by atoms with van der Waals surface area (Å²) in [7, 11) is 3.89. The number of H-pyrrole nitrogens is 1. The van der Waals surface area contributed by atoms with Crippen molar-refractivity contribution in [3.05, 3.63) is 30.2 Å². The third-order valence-corrected chi connectivity index (χ3v) is 6.05. The van der Waals surface area contributed by atoms with Crippen LogP contribution in [0.15, 0.2) is 24.7 Å². The Bertz CT molecular complexity index is 924. The highest BCUT2D eigenvalue weighted by Gasteiger charge is 2.32. The molecule has 2 aromatic rings. The molecule has 4 heterocycles. The summed E-state index contributed by atoms with van der Waals surface area (Å²) in [5.74, 6) is 0.900. The van der Waals surface area contributed by atoms with Crippen LogP contribution in [0.1, 0.15) is 30.7 Å². The molecule has 0 aliphatic carbocycles. The number of hydrogen-bond donors (Lipinski definition) is 2. The Morgan fingerprint density at radius 3 is 2.94 bits per heavy atom. The zero-order valence-electron chi connectivity index (χ0n) is 18.2. The lowest BCUT2D eigenvalue weighted by molar-refractivity contribution is -0.127. The minimum Gasteiger partial charge on any atom is -0.381 e. The van der Waals surface area contributed by atoms with Crippen LogP contribution in [0.3, 0.4) is 0 Å². The number of anilines is 1. The van der Waals surface area contributed by atoms with Crippen molar-refractivity contribution >= 4 is 22.8 Å². The van der Waals surface area contributed by atoms with Crippen molar-refractivity contribution in [1.82, 2.24) is 24.8 Å². The van der Waals surface area contributed by atoms with Crippen LogP contribution in [0.5, 0.6) is 0 Å². The van der Waals surface area contributed by atoms with Gasteiger partial charge in [0.2, 0.25) is 5.91 Å². The maximum atomic E-state index is 14.8. The molecule has 2 fully saturated rings. The molecule has 2 atom stereocenters. The zero-order chi connectivity index (χ0) is 21.8. The lowest BCUT2D eigenvalue weighted by atomic mass is 9.92. The van der Waals surface area contributed by atoms with Crippen LogP contribution in [0.25, 0.3) is 11.0 Å². The fraction of sp³-hybridized carbons (Fsp3) is 0.591. The van der Waals surface area contributed by atoms with Crippen LogP contribution < -0.4 is 5.32 Å². The van der Waals surface area contributed by atoms with Crippen molar-refractivity contribution in [3.63, 3.8) is 0 Å². The van der Waals surface area contributed by atoms with Gasteiger partial charge in [-0.15, -0.1) is 0 Å². The predicted octanol–water partition coefficient (Wildman–Crippen LogP) is 2.32. The molecule has 9 heteroatoms. The molecule has 2 aliphatic rings. The lowest BCUT2D eigenvalue weighted by Gasteiger charge is -2.35. The molecule has 4 rings (SSSR count). The molecule has 8 nitrogen and oxygen atoms in total. The van der Waals surface area contributed by atoms with Gasteiger partial charge in [-0.25, -0.2) is 14.4 Å². The zero-order valence-corrected chi connectivity index (χ0v) is 18.2. The normalized spacial score (nSPS) is 23.2. The van der Waals surface area contributed by atoms with Gasteiger partial charge in [0.15, 0.2) is 0 Å². The maximum absolute atomic E-state index is 14.8. The van der Waals surface area contributed by atoms with E-state index in [1.807, 2.05) is 31.3 Å². The number of likely N-dealkylation sites (tertiary alicyclic amines) is 1. The molecule has 2 aromatic heterocycles. The molecule has 2 N–H and O–H groups in total. The Labute approximate surface area is 181 Å². The van der Waals surface area contributed by atoms with Gasteiger partial charge in [-0.1, -0.05) is 6.08 Å². The van der Waals surface area contributed by atoms with E-state index in [1.54, 1.807) is 11.0 Å². The quantitative estimate of drug-likeness (QED) is 0.684. The highest BCUT2D eigenvalue weighted by molar-refractivity contribution is 5.91. The Kier molecular flexibility index (Phi) is 6.82. The third kappa shape index (κ3) is 5.04. The number of fused-ring (bicyclic) bond motifs is 1. The first-order chi connectivity index (χ1) is 15.0. The van der Waals surface area contributed by atoms with Crippen LogP contribution >= 0.6 is 0 Å². The predicted molar refractivity (Wildman–Crippen MR) is 118 cm³/mol. The molecular weight excluding hydrogens is 399 g/mol. The SMILES string of the molecule is CN(C)C/C=C/C(=O)N1CC[C@H](F)[C@@H](Nc2ncnc3[nH]cc(C4CCOCC4)c23)C1. The topological polar surface area (TPSA) is 86.4 Å². The van der Waals surface area contributed by atoms with E-state index in [1.165, 1.54) is 6.33 Å². The molecule has 31 heavy (non-hydrogen) atoms. The number of aromatic amines is 1. The van der Waals surface area contributed by atoms with Gasteiger partial charge in [0.05, 0.1) is 11.4 Å². The lowest BCUT2D eigenvalue weighted by Crippen LogP contribution is -2.50. The number of hydrogen-bond acceptors (Lipinski definition) is 6. The minimum atomic E-state index is -1.05. The van der Waals surface area contributed by atoms with Crippen molar-refractivity contribution in [2.24, 2.45) is 0 Å². The first kappa shape index (κ1) is 21.7. The maximum Gasteiger partial charge on any atom is 0.246 e. The van der Waals surface area contributed by atoms with Crippen molar-refractivity contribution in [2.75, 3.05) is 52.3 Å². The van der Waals surface area contributed by atoms with Crippen LogP contribution in [0.4, 0.5) is 10.2 Å². The average Bonchev–Trinajstić information content (AvgIpc) is 3.21. The molecule has 0 aromatic carbocycles. The number of ether oxygens (including phenoxy) is 1. The smallest absolute Gasteiger partial charge is 0.246 e. The molecule has 0 radical (unpaired) electrons. The third-order valence-electron chi connectivity index (χ3n) is 6.05. The average molecular weight is 431 g/mol. The van der Waals surface area contributed by atoms with Gasteiger partial charge in [-0.3, -0.25) is 4.79 Å². The van der Waals surface area contributed by atoms with Crippen molar-refractivity contribution in [3.8, 4) is 0 Å². The second-order valence-electron chi connectivity index (χ2n) is 8.58. The van der Waals surface area contributed by atoms with Crippen molar-refractivity contribution in [1.29, 1.82) is 0 Å². The number of nitrogens with one attached hydrogen (secondary N) is 2. The van der Waals surface area contributed by atoms with Crippen LogP contribution in [0, 0.1) is 0 Å². The van der Waals surface area contributed by atoms with Gasteiger partial charge in [0.1, 0.15) is 24.0 Å². The largest absolute Gasteiger partial charge is 0.381 e. The highest BCUT2D eigenvalue weighted by Crippen LogP contribution is 2.35. The molecular formula is C22H31FN6O2. The number of carbonyl (C=O) groups is 1. The van der Waals surface area contributed by atoms with Crippen LogP contribution in [-0.2, 0) is 9.53 Å². The summed E-state index contributed by atoms with van der Waals surface area (Å²) in [4.78, 5) is 28.2. The van der Waals surface area contributed by atoms with Crippen LogP contribution in [-0.4, -0.2) is 89.8 Å². The first-order valence-corrected chi connectivity index (χ1v) is 10.9. The van der Waals surface area contributed by atoms with Gasteiger partial charge >= 0.3 is 0 Å². The summed E-state index contributed by atoms with van der Waals surface area (Å²) in [6, 6.07) is -0.518. The number of amides is 1. The van der Waals surface area contributed by atoms with Gasteiger partial charge in [0.25, 0.3) is 0 Å². The number of likely N-dealkylation sites (N-methyl/N-ethyl adjacent to an activating group) is 1. The molecule has 0 saturated carbocycles. The second kappa shape index (κ2) is 9.74. The fourth-order valence-corrected chi connectivity index (χ4v) is 4.33. The number of halogens is 1. The molecule has 0 bridgehead atoms. The number of alkyl halides is 1. The summed E-state index contributed by atoms with van der Waals surface area (Å²) < 4.78 is 20.3. The van der Waals surface area contributed by atoms with Gasteiger partial charge in [-0.05, 0) is 44.8 Å². The first-order valence-electron chi connectivity index (χ1n) is 10.9. The minimum absolute atomic E-state index is 0.0853. The van der Waals surface area contributed by atoms with E-state index in [0.29, 0.717) is 37.8 Å². The molecule has 0 spiro atoms. The second-order valence-corrected chi connectivity index (χ2v) is 8.58. The van der Waals surface area contributed by atoms with Gasteiger partial charge < -0.3 is 24.8 Å². The van der Waals surface area contributed by atoms with Gasteiger partial charge in [-0.2, -0.15) is 0 Å². The molecule has 168 valence electrons. The number of piperidine rings is 1. The van der Waals surface area contributed by atoms with E-state index in [-0.39, 0.29) is 5.91 Å². The van der Waals surface area contributed by atoms with Crippen molar-refractivity contribution in [2.45, 2.75) is 37.4 Å². The number of aromatic nitrogens is 3. The standard InChI is InChI=1S/C22H31FN6O2/c1-28(2)8-3-4-19(30)29-9-5-17(23)18(13-29)27-22-20-16(15-6-10-31-11-7-15)12-24-21(20)25-14-26-22/h3-4,12,14-15,17-18H,5-11,13H2,1-2H3,(H2,24,25,26,27)/b4-3+/t17-,18-/m0/s1. The summed E-state index contributed by atoms with van der Waals surface area (Å²) in [5, 5.41) is 4.21. The summed E-state index contributed by atoms with van der Waals surface area (Å²) >= 11 is 0. The number of nitrogens with zero attached hydrogens (tertiary/aromatic N) is 4. The number of carbonyl (C=O) groups excluding carboxylic acids is 1. The Balaban J connectivity index is 1.51. The van der Waals surface area contributed by atoms with E-state index in [4.69, 9.17) is 4.74 Å². The molecule has 2 aliphatic heterocycles. The van der Waals surface area contributed by atoms with Gasteiger partial charge in [0, 0.05) is 45.1 Å². The molecule has 2 saturated heterocycles. The summed E-state index contributed by atoms with van der Waals surface area (Å²) in [6.45, 7) is 2.88. The molecule has 0 unspecified atom stereocenters. The summed E-state index contributed by atoms with van der Waals surface area (Å²) in [5.41, 5.74) is 1.89. The Morgan fingerprint density at radius 1 is 1.35 bits per heavy atom. The van der Waals surface area contributed by atoms with Crippen molar-refractivity contribution < 1.29 is 13.9 Å². The van der Waals surface area contributed by atoms with E-state index in [0.717, 1.165) is 42.7 Å². The van der Waals surface area contributed by atoms with E-state index >= 15 is 0 Å². The fourth-order valence-electron chi connectivity index (χ4n) is 4.33.